The van der Waals surface area contributed by atoms with Crippen LogP contribution >= 0.6 is 0 Å². The van der Waals surface area contributed by atoms with Gasteiger partial charge in [0.25, 0.3) is 0 Å². The molecule has 0 aliphatic carbocycles. The lowest BCUT2D eigenvalue weighted by Gasteiger charge is -2.24. The highest BCUT2D eigenvalue weighted by molar-refractivity contribution is 6.23. The van der Waals surface area contributed by atoms with Gasteiger partial charge in [-0.1, -0.05) is 54.6 Å². The fraction of sp³-hybridized carbons (Fsp3) is 0.190. The summed E-state index contributed by atoms with van der Waals surface area (Å²) in [6, 6.07) is 15.1. The Morgan fingerprint density at radius 3 is 2.23 bits per heavy atom. The zero-order chi connectivity index (χ0) is 18.5. The molecule has 4 aromatic carbocycles. The summed E-state index contributed by atoms with van der Waals surface area (Å²) < 4.78 is 33.5. The zero-order valence-corrected chi connectivity index (χ0v) is 14.1. The Kier molecular flexibility index (Phi) is 3.77. The molecule has 0 amide bonds. The van der Waals surface area contributed by atoms with Crippen molar-refractivity contribution in [3.05, 3.63) is 60.2 Å². The molecule has 0 aliphatic rings. The van der Waals surface area contributed by atoms with Gasteiger partial charge in [0.15, 0.2) is 0 Å². The summed E-state index contributed by atoms with van der Waals surface area (Å²) in [5, 5.41) is 5.53. The van der Waals surface area contributed by atoms with Gasteiger partial charge in [-0.2, -0.15) is 8.78 Å². The van der Waals surface area contributed by atoms with Gasteiger partial charge in [0.05, 0.1) is 6.61 Å². The third kappa shape index (κ3) is 2.31. The van der Waals surface area contributed by atoms with Crippen molar-refractivity contribution in [1.82, 2.24) is 0 Å². The number of hydrogen-bond acceptors (Lipinski definition) is 3. The van der Waals surface area contributed by atoms with Gasteiger partial charge >= 0.3 is 11.9 Å². The third-order valence-corrected chi connectivity index (χ3v) is 4.84. The number of esters is 1. The van der Waals surface area contributed by atoms with E-state index < -0.39 is 17.9 Å². The van der Waals surface area contributed by atoms with Crippen molar-refractivity contribution in [2.24, 2.45) is 5.73 Å². The predicted octanol–water partition coefficient (Wildman–Crippen LogP) is 4.78. The molecule has 0 heterocycles. The van der Waals surface area contributed by atoms with Gasteiger partial charge in [-0.3, -0.25) is 0 Å². The molecule has 0 radical (unpaired) electrons. The minimum Gasteiger partial charge on any atom is -0.462 e. The van der Waals surface area contributed by atoms with Crippen LogP contribution in [-0.2, 0) is 9.53 Å². The Morgan fingerprint density at radius 2 is 1.58 bits per heavy atom. The maximum atomic E-state index is 14.5. The van der Waals surface area contributed by atoms with Crippen molar-refractivity contribution in [2.45, 2.75) is 18.9 Å². The predicted molar refractivity (Wildman–Crippen MR) is 98.7 cm³/mol. The summed E-state index contributed by atoms with van der Waals surface area (Å²) in [6.07, 6.45) is 0. The molecule has 0 bridgehead atoms. The second kappa shape index (κ2) is 5.88. The van der Waals surface area contributed by atoms with E-state index >= 15 is 0 Å². The number of halogens is 2. The SMILES string of the molecule is CCOC(=O)C(F)(F)[C@@H](N)c1ccc2ccc3cccc4ccc1c2c34. The number of alkyl halides is 2. The topological polar surface area (TPSA) is 52.3 Å². The van der Waals surface area contributed by atoms with Crippen LogP contribution in [0.1, 0.15) is 18.5 Å². The van der Waals surface area contributed by atoms with Crippen molar-refractivity contribution in [3.8, 4) is 0 Å². The van der Waals surface area contributed by atoms with Gasteiger partial charge in [-0.15, -0.1) is 0 Å². The van der Waals surface area contributed by atoms with Crippen LogP contribution in [0.5, 0.6) is 0 Å². The molecule has 4 rings (SSSR count). The average Bonchev–Trinajstić information content (AvgIpc) is 2.65. The molecule has 132 valence electrons. The number of rotatable bonds is 4. The number of benzene rings is 4. The zero-order valence-electron chi connectivity index (χ0n) is 14.1. The molecule has 5 heteroatoms. The first kappa shape index (κ1) is 16.7. The maximum Gasteiger partial charge on any atom is 0.379 e. The number of carbonyl (C=O) groups excluding carboxylic acids is 1. The normalized spacial score (nSPS) is 13.5. The Bertz CT molecular complexity index is 1110. The van der Waals surface area contributed by atoms with E-state index in [1.807, 2.05) is 36.4 Å². The van der Waals surface area contributed by atoms with Crippen LogP contribution in [0.4, 0.5) is 8.78 Å². The lowest BCUT2D eigenvalue weighted by atomic mass is 9.88. The molecule has 2 N–H and O–H groups in total. The summed E-state index contributed by atoms with van der Waals surface area (Å²) in [4.78, 5) is 11.7. The monoisotopic (exact) mass is 353 g/mol. The van der Waals surface area contributed by atoms with Crippen LogP contribution in [0.25, 0.3) is 32.3 Å². The Morgan fingerprint density at radius 1 is 1.00 bits per heavy atom. The number of nitrogens with two attached hydrogens (primary N) is 1. The lowest BCUT2D eigenvalue weighted by Crippen LogP contribution is -2.41. The maximum absolute atomic E-state index is 14.5. The molecule has 1 atom stereocenters. The van der Waals surface area contributed by atoms with Crippen LogP contribution in [0, 0.1) is 0 Å². The van der Waals surface area contributed by atoms with Gasteiger partial charge in [-0.05, 0) is 44.8 Å². The second-order valence-electron chi connectivity index (χ2n) is 6.33. The van der Waals surface area contributed by atoms with Crippen LogP contribution in [0.2, 0.25) is 0 Å². The number of hydrogen-bond donors (Lipinski definition) is 1. The van der Waals surface area contributed by atoms with Gasteiger partial charge in [-0.25, -0.2) is 4.79 Å². The van der Waals surface area contributed by atoms with E-state index in [0.29, 0.717) is 5.39 Å². The van der Waals surface area contributed by atoms with Crippen molar-refractivity contribution in [2.75, 3.05) is 6.61 Å². The highest BCUT2D eigenvalue weighted by atomic mass is 19.3. The summed E-state index contributed by atoms with van der Waals surface area (Å²) >= 11 is 0. The quantitative estimate of drug-likeness (QED) is 0.424. The summed E-state index contributed by atoms with van der Waals surface area (Å²) in [6.45, 7) is 1.36. The fourth-order valence-electron chi connectivity index (χ4n) is 3.58. The number of ether oxygens (including phenoxy) is 1. The first-order valence-electron chi connectivity index (χ1n) is 8.42. The standard InChI is InChI=1S/C21H17F2NO2/c1-2-26-20(25)21(22,23)19(24)16-11-9-14-7-6-12-4-3-5-13-8-10-15(16)18(14)17(12)13/h3-11,19H,2,24H2,1H3/t19-/m0/s1. The van der Waals surface area contributed by atoms with Gasteiger partial charge in [0.2, 0.25) is 0 Å². The lowest BCUT2D eigenvalue weighted by molar-refractivity contribution is -0.174. The van der Waals surface area contributed by atoms with E-state index in [4.69, 9.17) is 5.73 Å². The van der Waals surface area contributed by atoms with Crippen molar-refractivity contribution in [1.29, 1.82) is 0 Å². The Hall–Kier alpha value is -2.79. The molecule has 0 saturated carbocycles. The van der Waals surface area contributed by atoms with Crippen LogP contribution in [0.3, 0.4) is 0 Å². The molecule has 0 saturated heterocycles. The highest BCUT2D eigenvalue weighted by Gasteiger charge is 2.48. The van der Waals surface area contributed by atoms with E-state index in [0.717, 1.165) is 26.9 Å². The molecule has 3 nitrogen and oxygen atoms in total. The average molecular weight is 353 g/mol. The molecule has 0 unspecified atom stereocenters. The molecule has 0 aromatic heterocycles. The van der Waals surface area contributed by atoms with Crippen molar-refractivity contribution in [3.63, 3.8) is 0 Å². The third-order valence-electron chi connectivity index (χ3n) is 4.84. The smallest absolute Gasteiger partial charge is 0.379 e. The molecular weight excluding hydrogens is 336 g/mol. The minimum absolute atomic E-state index is 0.125. The second-order valence-corrected chi connectivity index (χ2v) is 6.33. The highest BCUT2D eigenvalue weighted by Crippen LogP contribution is 2.40. The summed E-state index contributed by atoms with van der Waals surface area (Å²) in [5.74, 6) is -5.41. The molecule has 0 aliphatic heterocycles. The van der Waals surface area contributed by atoms with Gasteiger partial charge in [0.1, 0.15) is 6.04 Å². The van der Waals surface area contributed by atoms with E-state index in [-0.39, 0.29) is 12.2 Å². The van der Waals surface area contributed by atoms with Gasteiger partial charge in [0, 0.05) is 0 Å². The molecule has 26 heavy (non-hydrogen) atoms. The van der Waals surface area contributed by atoms with Crippen LogP contribution in [0.15, 0.2) is 54.6 Å². The van der Waals surface area contributed by atoms with Crippen LogP contribution in [-0.4, -0.2) is 18.5 Å². The molecule has 0 spiro atoms. The molecular formula is C21H17F2NO2. The van der Waals surface area contributed by atoms with Crippen molar-refractivity contribution >= 4 is 38.3 Å². The minimum atomic E-state index is -3.81. The summed E-state index contributed by atoms with van der Waals surface area (Å²) in [7, 11) is 0. The van der Waals surface area contributed by atoms with Crippen molar-refractivity contribution < 1.29 is 18.3 Å². The Labute approximate surface area is 148 Å². The van der Waals surface area contributed by atoms with Gasteiger partial charge < -0.3 is 10.5 Å². The van der Waals surface area contributed by atoms with E-state index in [1.54, 1.807) is 18.2 Å². The van der Waals surface area contributed by atoms with E-state index in [2.05, 4.69) is 4.74 Å². The van der Waals surface area contributed by atoms with E-state index in [1.165, 1.54) is 6.92 Å². The summed E-state index contributed by atoms with van der Waals surface area (Å²) in [5.41, 5.74) is 6.08. The number of carbonyl (C=O) groups is 1. The largest absolute Gasteiger partial charge is 0.462 e. The Balaban J connectivity index is 1.98. The van der Waals surface area contributed by atoms with E-state index in [9.17, 15) is 13.6 Å². The first-order valence-corrected chi connectivity index (χ1v) is 8.42. The fourth-order valence-corrected chi connectivity index (χ4v) is 3.58. The molecule has 0 fully saturated rings. The molecule has 4 aromatic rings. The first-order chi connectivity index (χ1) is 12.4. The van der Waals surface area contributed by atoms with Crippen LogP contribution < -0.4 is 5.73 Å².